The minimum atomic E-state index is 0.354. The second kappa shape index (κ2) is 3.77. The summed E-state index contributed by atoms with van der Waals surface area (Å²) in [6.07, 6.45) is 0.708. The fourth-order valence-corrected chi connectivity index (χ4v) is 2.19. The number of nitrogens with one attached hydrogen (secondary N) is 4. The van der Waals surface area contributed by atoms with Gasteiger partial charge >= 0.3 is 0 Å². The van der Waals surface area contributed by atoms with Crippen LogP contribution in [0.2, 0.25) is 0 Å². The van der Waals surface area contributed by atoms with Gasteiger partial charge in [-0.3, -0.25) is 21.3 Å². The van der Waals surface area contributed by atoms with Gasteiger partial charge in [-0.25, -0.2) is 0 Å². The molecule has 0 radical (unpaired) electrons. The van der Waals surface area contributed by atoms with Crippen LogP contribution in [0, 0.1) is 0 Å². The maximum Gasteiger partial charge on any atom is 0.0871 e. The second-order valence-electron chi connectivity index (χ2n) is 4.78. The fraction of sp³-hybridized carbons (Fsp3) is 1.00. The summed E-state index contributed by atoms with van der Waals surface area (Å²) < 4.78 is 0. The predicted molar refractivity (Wildman–Crippen MR) is 58.0 cm³/mol. The number of piperazine rings is 2. The van der Waals surface area contributed by atoms with E-state index in [2.05, 4.69) is 49.0 Å². The zero-order valence-electron chi connectivity index (χ0n) is 9.46. The SMILES string of the molecule is CC1NC2NC(C)C(C)NC2NC1C. The summed E-state index contributed by atoms with van der Waals surface area (Å²) in [5, 5.41) is 14.3. The first-order chi connectivity index (χ1) is 6.58. The summed E-state index contributed by atoms with van der Waals surface area (Å²) >= 11 is 0. The van der Waals surface area contributed by atoms with Crippen molar-refractivity contribution < 1.29 is 0 Å². The molecule has 0 aromatic carbocycles. The molecule has 0 amide bonds. The summed E-state index contributed by atoms with van der Waals surface area (Å²) in [7, 11) is 0. The lowest BCUT2D eigenvalue weighted by Crippen LogP contribution is -2.78. The van der Waals surface area contributed by atoms with Gasteiger partial charge in [0.25, 0.3) is 0 Å². The van der Waals surface area contributed by atoms with Gasteiger partial charge in [-0.2, -0.15) is 0 Å². The van der Waals surface area contributed by atoms with Crippen molar-refractivity contribution in [2.45, 2.75) is 64.2 Å². The van der Waals surface area contributed by atoms with Crippen LogP contribution in [0.15, 0.2) is 0 Å². The van der Waals surface area contributed by atoms with E-state index in [1.54, 1.807) is 0 Å². The van der Waals surface area contributed by atoms with Crippen molar-refractivity contribution in [3.05, 3.63) is 0 Å². The third-order valence-electron chi connectivity index (χ3n) is 3.60. The zero-order chi connectivity index (χ0) is 10.3. The molecule has 2 saturated heterocycles. The Morgan fingerprint density at radius 3 is 0.929 bits per heavy atom. The summed E-state index contributed by atoms with van der Waals surface area (Å²) in [6.45, 7) is 8.88. The third kappa shape index (κ3) is 1.80. The normalized spacial score (nSPS) is 54.0. The van der Waals surface area contributed by atoms with Crippen molar-refractivity contribution in [3.63, 3.8) is 0 Å². The second-order valence-corrected chi connectivity index (χ2v) is 4.78. The van der Waals surface area contributed by atoms with Crippen LogP contribution in [-0.2, 0) is 0 Å². The van der Waals surface area contributed by atoms with Gasteiger partial charge in [0.05, 0.1) is 12.3 Å². The Morgan fingerprint density at radius 1 is 0.500 bits per heavy atom. The smallest absolute Gasteiger partial charge is 0.0871 e. The highest BCUT2D eigenvalue weighted by Crippen LogP contribution is 2.11. The largest absolute Gasteiger partial charge is 0.295 e. The van der Waals surface area contributed by atoms with Crippen molar-refractivity contribution >= 4 is 0 Å². The lowest BCUT2D eigenvalue weighted by molar-refractivity contribution is 0.111. The summed E-state index contributed by atoms with van der Waals surface area (Å²) in [5.41, 5.74) is 0. The Morgan fingerprint density at radius 2 is 0.714 bits per heavy atom. The first kappa shape index (κ1) is 10.4. The Bertz CT molecular complexity index is 166. The quantitative estimate of drug-likeness (QED) is 0.427. The van der Waals surface area contributed by atoms with Gasteiger partial charge in [0.2, 0.25) is 0 Å². The molecule has 2 heterocycles. The monoisotopic (exact) mass is 198 g/mol. The Labute approximate surface area is 86.2 Å². The van der Waals surface area contributed by atoms with E-state index < -0.39 is 0 Å². The van der Waals surface area contributed by atoms with Gasteiger partial charge in [0, 0.05) is 24.2 Å². The molecule has 4 heteroatoms. The van der Waals surface area contributed by atoms with E-state index >= 15 is 0 Å². The number of rotatable bonds is 0. The minimum Gasteiger partial charge on any atom is -0.295 e. The maximum absolute atomic E-state index is 3.58. The minimum absolute atomic E-state index is 0.354. The molecule has 0 aromatic rings. The summed E-state index contributed by atoms with van der Waals surface area (Å²) in [5.74, 6) is 0. The topological polar surface area (TPSA) is 48.1 Å². The molecule has 4 atom stereocenters. The van der Waals surface area contributed by atoms with Crippen LogP contribution in [-0.4, -0.2) is 36.5 Å². The standard InChI is InChI=1S/C10H22N4/c1-5-6(2)12-10-9(11-5)13-7(3)8(4)14-10/h5-14H,1-4H3. The van der Waals surface area contributed by atoms with Crippen LogP contribution in [0.1, 0.15) is 27.7 Å². The molecule has 2 rings (SSSR count). The average Bonchev–Trinajstić information content (AvgIpc) is 2.11. The van der Waals surface area contributed by atoms with Gasteiger partial charge in [-0.05, 0) is 27.7 Å². The van der Waals surface area contributed by atoms with Gasteiger partial charge < -0.3 is 0 Å². The molecule has 82 valence electrons. The first-order valence-electron chi connectivity index (χ1n) is 5.62. The number of hydrogen-bond acceptors (Lipinski definition) is 4. The molecule has 2 aliphatic heterocycles. The Balaban J connectivity index is 2.01. The molecular weight excluding hydrogens is 176 g/mol. The molecular formula is C10H22N4. The molecule has 2 aliphatic rings. The Hall–Kier alpha value is -0.160. The van der Waals surface area contributed by atoms with Gasteiger partial charge in [-0.1, -0.05) is 0 Å². The average molecular weight is 198 g/mol. The summed E-state index contributed by atoms with van der Waals surface area (Å²) in [4.78, 5) is 0. The van der Waals surface area contributed by atoms with E-state index in [4.69, 9.17) is 0 Å². The fourth-order valence-electron chi connectivity index (χ4n) is 2.19. The molecule has 14 heavy (non-hydrogen) atoms. The molecule has 0 bridgehead atoms. The van der Waals surface area contributed by atoms with E-state index in [0.29, 0.717) is 36.5 Å². The molecule has 4 N–H and O–H groups in total. The summed E-state index contributed by atoms with van der Waals surface area (Å²) in [6, 6.07) is 2.08. The van der Waals surface area contributed by atoms with E-state index in [0.717, 1.165) is 0 Å². The van der Waals surface area contributed by atoms with Crippen molar-refractivity contribution in [2.24, 2.45) is 0 Å². The van der Waals surface area contributed by atoms with E-state index in [1.807, 2.05) is 0 Å². The van der Waals surface area contributed by atoms with Crippen LogP contribution in [0.25, 0.3) is 0 Å². The Kier molecular flexibility index (Phi) is 2.79. The van der Waals surface area contributed by atoms with Crippen molar-refractivity contribution in [1.82, 2.24) is 21.3 Å². The number of fused-ring (bicyclic) bond motifs is 1. The molecule has 4 nitrogen and oxygen atoms in total. The van der Waals surface area contributed by atoms with Crippen LogP contribution >= 0.6 is 0 Å². The molecule has 0 spiro atoms. The van der Waals surface area contributed by atoms with Gasteiger partial charge in [0.15, 0.2) is 0 Å². The van der Waals surface area contributed by atoms with Crippen LogP contribution in [0.3, 0.4) is 0 Å². The van der Waals surface area contributed by atoms with Crippen LogP contribution in [0.4, 0.5) is 0 Å². The maximum atomic E-state index is 3.58. The van der Waals surface area contributed by atoms with Crippen molar-refractivity contribution in [2.75, 3.05) is 0 Å². The third-order valence-corrected chi connectivity index (χ3v) is 3.60. The highest BCUT2D eigenvalue weighted by atomic mass is 15.4. The lowest BCUT2D eigenvalue weighted by Gasteiger charge is -2.48. The first-order valence-corrected chi connectivity index (χ1v) is 5.62. The zero-order valence-corrected chi connectivity index (χ0v) is 9.46. The molecule has 2 fully saturated rings. The molecule has 0 saturated carbocycles. The van der Waals surface area contributed by atoms with Gasteiger partial charge in [0.1, 0.15) is 0 Å². The number of hydrogen-bond donors (Lipinski definition) is 4. The van der Waals surface area contributed by atoms with Gasteiger partial charge in [-0.15, -0.1) is 0 Å². The molecule has 0 aromatic heterocycles. The van der Waals surface area contributed by atoms with Crippen molar-refractivity contribution in [1.29, 1.82) is 0 Å². The predicted octanol–water partition coefficient (Wildman–Crippen LogP) is -0.422. The van der Waals surface area contributed by atoms with Crippen LogP contribution < -0.4 is 21.3 Å². The lowest BCUT2D eigenvalue weighted by atomic mass is 10.0. The molecule has 0 aliphatic carbocycles. The van der Waals surface area contributed by atoms with E-state index in [9.17, 15) is 0 Å². The highest BCUT2D eigenvalue weighted by molar-refractivity contribution is 4.98. The highest BCUT2D eigenvalue weighted by Gasteiger charge is 2.37. The van der Waals surface area contributed by atoms with E-state index in [1.165, 1.54) is 0 Å². The van der Waals surface area contributed by atoms with Crippen molar-refractivity contribution in [3.8, 4) is 0 Å². The van der Waals surface area contributed by atoms with Crippen LogP contribution in [0.5, 0.6) is 0 Å². The van der Waals surface area contributed by atoms with E-state index in [-0.39, 0.29) is 0 Å². The molecule has 4 unspecified atom stereocenters.